The Labute approximate surface area is 76.4 Å². The Kier molecular flexibility index (Phi) is 4.13. The molecule has 0 amide bonds. The Morgan fingerprint density at radius 1 is 1.42 bits per heavy atom. The predicted molar refractivity (Wildman–Crippen MR) is 55.2 cm³/mol. The summed E-state index contributed by atoms with van der Waals surface area (Å²) in [4.78, 5) is 0. The first-order valence-electron chi connectivity index (χ1n) is 5.27. The van der Waals surface area contributed by atoms with Gasteiger partial charge in [0.05, 0.1) is 0 Å². The first-order valence-corrected chi connectivity index (χ1v) is 5.27. The van der Waals surface area contributed by atoms with Crippen LogP contribution in [0.2, 0.25) is 0 Å². The van der Waals surface area contributed by atoms with Gasteiger partial charge in [0.2, 0.25) is 0 Å². The quantitative estimate of drug-likeness (QED) is 0.585. The SMILES string of the molecule is CC/C=C(\CC)C1=CCCCC1. The molecule has 12 heavy (non-hydrogen) atoms. The van der Waals surface area contributed by atoms with Crippen LogP contribution in [0.1, 0.15) is 52.4 Å². The molecule has 0 saturated heterocycles. The lowest BCUT2D eigenvalue weighted by molar-refractivity contribution is 0.701. The highest BCUT2D eigenvalue weighted by Crippen LogP contribution is 2.25. The monoisotopic (exact) mass is 164 g/mol. The highest BCUT2D eigenvalue weighted by Gasteiger charge is 2.06. The molecule has 0 nitrogen and oxygen atoms in total. The molecular formula is C12H20. The molecule has 0 bridgehead atoms. The standard InChI is InChI=1S/C12H20/c1-3-8-11(4-2)12-9-6-5-7-10-12/h8-9H,3-7,10H2,1-2H3/b11-8+. The van der Waals surface area contributed by atoms with Gasteiger partial charge in [0.25, 0.3) is 0 Å². The molecular weight excluding hydrogens is 144 g/mol. The number of hydrogen-bond acceptors (Lipinski definition) is 0. The van der Waals surface area contributed by atoms with Crippen LogP contribution in [0.4, 0.5) is 0 Å². The van der Waals surface area contributed by atoms with Gasteiger partial charge < -0.3 is 0 Å². The smallest absolute Gasteiger partial charge is 0.0279 e. The van der Waals surface area contributed by atoms with Crippen LogP contribution in [0.15, 0.2) is 23.3 Å². The Bertz CT molecular complexity index is 178. The fourth-order valence-electron chi connectivity index (χ4n) is 1.88. The van der Waals surface area contributed by atoms with Gasteiger partial charge in [0, 0.05) is 0 Å². The van der Waals surface area contributed by atoms with Gasteiger partial charge in [-0.3, -0.25) is 0 Å². The maximum absolute atomic E-state index is 2.44. The zero-order valence-electron chi connectivity index (χ0n) is 8.40. The summed E-state index contributed by atoms with van der Waals surface area (Å²) in [6.07, 6.45) is 12.6. The first-order chi connectivity index (χ1) is 5.88. The van der Waals surface area contributed by atoms with Crippen molar-refractivity contribution in [3.8, 4) is 0 Å². The molecule has 0 radical (unpaired) electrons. The van der Waals surface area contributed by atoms with Crippen molar-refractivity contribution >= 4 is 0 Å². The van der Waals surface area contributed by atoms with Crippen LogP contribution < -0.4 is 0 Å². The van der Waals surface area contributed by atoms with Crippen LogP contribution in [0, 0.1) is 0 Å². The van der Waals surface area contributed by atoms with Crippen molar-refractivity contribution < 1.29 is 0 Å². The molecule has 1 aliphatic carbocycles. The van der Waals surface area contributed by atoms with E-state index >= 15 is 0 Å². The van der Waals surface area contributed by atoms with E-state index in [1.54, 1.807) is 11.1 Å². The predicted octanol–water partition coefficient (Wildman–Crippen LogP) is 4.23. The van der Waals surface area contributed by atoms with Crippen LogP contribution in [0.3, 0.4) is 0 Å². The first kappa shape index (κ1) is 9.57. The minimum Gasteiger partial charge on any atom is -0.0813 e. The molecule has 0 aromatic rings. The van der Waals surface area contributed by atoms with Crippen molar-refractivity contribution in [1.29, 1.82) is 0 Å². The van der Waals surface area contributed by atoms with Gasteiger partial charge in [-0.25, -0.2) is 0 Å². The van der Waals surface area contributed by atoms with Crippen LogP contribution in [-0.4, -0.2) is 0 Å². The molecule has 0 saturated carbocycles. The van der Waals surface area contributed by atoms with Gasteiger partial charge in [0.1, 0.15) is 0 Å². The van der Waals surface area contributed by atoms with Gasteiger partial charge in [-0.05, 0) is 49.7 Å². The number of allylic oxidation sites excluding steroid dienone is 4. The second-order valence-electron chi connectivity index (χ2n) is 3.47. The fourth-order valence-corrected chi connectivity index (χ4v) is 1.88. The third-order valence-electron chi connectivity index (χ3n) is 2.53. The van der Waals surface area contributed by atoms with E-state index in [2.05, 4.69) is 26.0 Å². The Morgan fingerprint density at radius 2 is 2.25 bits per heavy atom. The Balaban J connectivity index is 2.64. The molecule has 0 atom stereocenters. The van der Waals surface area contributed by atoms with Crippen molar-refractivity contribution in [1.82, 2.24) is 0 Å². The van der Waals surface area contributed by atoms with Gasteiger partial charge in [0.15, 0.2) is 0 Å². The second-order valence-corrected chi connectivity index (χ2v) is 3.47. The highest BCUT2D eigenvalue weighted by molar-refractivity contribution is 5.31. The molecule has 0 fully saturated rings. The molecule has 0 heteroatoms. The van der Waals surface area contributed by atoms with Gasteiger partial charge in [-0.1, -0.05) is 26.0 Å². The largest absolute Gasteiger partial charge is 0.0813 e. The minimum absolute atomic E-state index is 1.18. The van der Waals surface area contributed by atoms with E-state index in [0.717, 1.165) is 0 Å². The topological polar surface area (TPSA) is 0 Å². The fraction of sp³-hybridized carbons (Fsp3) is 0.667. The number of hydrogen-bond donors (Lipinski definition) is 0. The molecule has 0 aliphatic heterocycles. The molecule has 0 unspecified atom stereocenters. The third kappa shape index (κ3) is 2.51. The summed E-state index contributed by atoms with van der Waals surface area (Å²) in [5, 5.41) is 0. The van der Waals surface area contributed by atoms with Crippen molar-refractivity contribution in [3.05, 3.63) is 23.3 Å². The van der Waals surface area contributed by atoms with Crippen molar-refractivity contribution in [2.75, 3.05) is 0 Å². The van der Waals surface area contributed by atoms with E-state index in [4.69, 9.17) is 0 Å². The number of rotatable bonds is 3. The zero-order valence-corrected chi connectivity index (χ0v) is 8.40. The maximum Gasteiger partial charge on any atom is -0.0279 e. The lowest BCUT2D eigenvalue weighted by Gasteiger charge is -2.14. The summed E-state index contributed by atoms with van der Waals surface area (Å²) < 4.78 is 0. The van der Waals surface area contributed by atoms with E-state index in [1.165, 1.54) is 38.5 Å². The zero-order chi connectivity index (χ0) is 8.81. The Morgan fingerprint density at radius 3 is 2.75 bits per heavy atom. The lowest BCUT2D eigenvalue weighted by Crippen LogP contribution is -1.95. The molecule has 0 spiro atoms. The molecule has 0 heterocycles. The molecule has 0 aromatic carbocycles. The average Bonchev–Trinajstić information content (AvgIpc) is 2.15. The second kappa shape index (κ2) is 5.18. The molecule has 1 rings (SSSR count). The van der Waals surface area contributed by atoms with Gasteiger partial charge in [-0.2, -0.15) is 0 Å². The summed E-state index contributed by atoms with van der Waals surface area (Å²) in [5.74, 6) is 0. The molecule has 1 aliphatic rings. The summed E-state index contributed by atoms with van der Waals surface area (Å²) in [5.41, 5.74) is 3.22. The van der Waals surface area contributed by atoms with Crippen LogP contribution in [0.25, 0.3) is 0 Å². The molecule has 68 valence electrons. The van der Waals surface area contributed by atoms with Crippen molar-refractivity contribution in [2.24, 2.45) is 0 Å². The van der Waals surface area contributed by atoms with Crippen molar-refractivity contribution in [3.63, 3.8) is 0 Å². The van der Waals surface area contributed by atoms with E-state index in [0.29, 0.717) is 0 Å². The molecule has 0 aromatic heterocycles. The lowest BCUT2D eigenvalue weighted by atomic mass is 9.92. The Hall–Kier alpha value is -0.520. The van der Waals surface area contributed by atoms with Gasteiger partial charge >= 0.3 is 0 Å². The molecule has 0 N–H and O–H groups in total. The van der Waals surface area contributed by atoms with Crippen LogP contribution in [-0.2, 0) is 0 Å². The van der Waals surface area contributed by atoms with Crippen LogP contribution in [0.5, 0.6) is 0 Å². The van der Waals surface area contributed by atoms with Gasteiger partial charge in [-0.15, -0.1) is 0 Å². The van der Waals surface area contributed by atoms with E-state index in [9.17, 15) is 0 Å². The normalized spacial score (nSPS) is 19.2. The third-order valence-corrected chi connectivity index (χ3v) is 2.53. The summed E-state index contributed by atoms with van der Waals surface area (Å²) in [7, 11) is 0. The summed E-state index contributed by atoms with van der Waals surface area (Å²) in [6, 6.07) is 0. The summed E-state index contributed by atoms with van der Waals surface area (Å²) >= 11 is 0. The maximum atomic E-state index is 2.44. The van der Waals surface area contributed by atoms with E-state index in [-0.39, 0.29) is 0 Å². The van der Waals surface area contributed by atoms with E-state index < -0.39 is 0 Å². The minimum atomic E-state index is 1.18. The highest BCUT2D eigenvalue weighted by atomic mass is 14.1. The van der Waals surface area contributed by atoms with Crippen LogP contribution >= 0.6 is 0 Å². The summed E-state index contributed by atoms with van der Waals surface area (Å²) in [6.45, 7) is 4.48. The average molecular weight is 164 g/mol. The van der Waals surface area contributed by atoms with E-state index in [1.807, 2.05) is 0 Å². The van der Waals surface area contributed by atoms with Crippen molar-refractivity contribution in [2.45, 2.75) is 52.4 Å².